The second-order valence-electron chi connectivity index (χ2n) is 3.18. The number of hydrogen-bond donors (Lipinski definition) is 0. The third-order valence-corrected chi connectivity index (χ3v) is 3.09. The lowest BCUT2D eigenvalue weighted by molar-refractivity contribution is 0.998. The van der Waals surface area contributed by atoms with Crippen molar-refractivity contribution in [3.05, 3.63) is 46.9 Å². The van der Waals surface area contributed by atoms with E-state index in [2.05, 4.69) is 42.7 Å². The van der Waals surface area contributed by atoms with E-state index in [0.29, 0.717) is 5.92 Å². The van der Waals surface area contributed by atoms with Crippen molar-refractivity contribution in [1.82, 2.24) is 0 Å². The summed E-state index contributed by atoms with van der Waals surface area (Å²) in [5, 5.41) is 2.20. The molecule has 0 nitrogen and oxygen atoms in total. The summed E-state index contributed by atoms with van der Waals surface area (Å²) >= 11 is 1.90. The number of benzene rings is 1. The van der Waals surface area contributed by atoms with Gasteiger partial charge in [0.25, 0.3) is 0 Å². The molecule has 0 aliphatic carbocycles. The summed E-state index contributed by atoms with van der Waals surface area (Å²) in [4.78, 5) is 0. The minimum atomic E-state index is 0.649. The summed E-state index contributed by atoms with van der Waals surface area (Å²) in [6.07, 6.45) is 2.29. The van der Waals surface area contributed by atoms with Crippen LogP contribution in [0.4, 0.5) is 0 Å². The molecule has 0 aromatic heterocycles. The standard InChI is InChI=1S/C11H12S/c1-9-2-4-10(5-3-9)11-6-7-12-8-11/h2-7,11H,8H2,1H3. The van der Waals surface area contributed by atoms with Gasteiger partial charge in [-0.15, -0.1) is 11.8 Å². The predicted octanol–water partition coefficient (Wildman–Crippen LogP) is 3.34. The van der Waals surface area contributed by atoms with Crippen molar-refractivity contribution in [3.63, 3.8) is 0 Å². The fraction of sp³-hybridized carbons (Fsp3) is 0.273. The molecule has 0 amide bonds. The van der Waals surface area contributed by atoms with Gasteiger partial charge in [-0.2, -0.15) is 0 Å². The number of thioether (sulfide) groups is 1. The van der Waals surface area contributed by atoms with Crippen molar-refractivity contribution in [2.75, 3.05) is 5.75 Å². The van der Waals surface area contributed by atoms with E-state index in [1.807, 2.05) is 11.8 Å². The first-order chi connectivity index (χ1) is 5.86. The van der Waals surface area contributed by atoms with Gasteiger partial charge >= 0.3 is 0 Å². The molecule has 1 aliphatic rings. The van der Waals surface area contributed by atoms with Gasteiger partial charge in [0.1, 0.15) is 0 Å². The minimum absolute atomic E-state index is 0.649. The summed E-state index contributed by atoms with van der Waals surface area (Å²) in [5.74, 6) is 1.86. The van der Waals surface area contributed by atoms with Crippen LogP contribution in [0.25, 0.3) is 0 Å². The average Bonchev–Trinajstić information content (AvgIpc) is 2.58. The number of hydrogen-bond acceptors (Lipinski definition) is 1. The Kier molecular flexibility index (Phi) is 2.22. The molecule has 1 aromatic carbocycles. The van der Waals surface area contributed by atoms with Gasteiger partial charge < -0.3 is 0 Å². The summed E-state index contributed by atoms with van der Waals surface area (Å²) < 4.78 is 0. The molecular weight excluding hydrogens is 164 g/mol. The van der Waals surface area contributed by atoms with E-state index < -0.39 is 0 Å². The van der Waals surface area contributed by atoms with Gasteiger partial charge in [0, 0.05) is 11.7 Å². The van der Waals surface area contributed by atoms with Crippen LogP contribution in [0.2, 0.25) is 0 Å². The number of allylic oxidation sites excluding steroid dienone is 1. The van der Waals surface area contributed by atoms with Crippen LogP contribution < -0.4 is 0 Å². The fourth-order valence-electron chi connectivity index (χ4n) is 1.39. The first-order valence-corrected chi connectivity index (χ1v) is 5.26. The Morgan fingerprint density at radius 3 is 2.58 bits per heavy atom. The molecule has 1 heteroatoms. The number of aryl methyl sites for hydroxylation is 1. The largest absolute Gasteiger partial charge is 0.133 e. The van der Waals surface area contributed by atoms with Crippen molar-refractivity contribution in [2.24, 2.45) is 0 Å². The van der Waals surface area contributed by atoms with Crippen molar-refractivity contribution in [2.45, 2.75) is 12.8 Å². The zero-order valence-corrected chi connectivity index (χ0v) is 7.97. The third-order valence-electron chi connectivity index (χ3n) is 2.19. The Labute approximate surface area is 77.7 Å². The molecule has 1 heterocycles. The second-order valence-corrected chi connectivity index (χ2v) is 4.12. The maximum atomic E-state index is 2.29. The Balaban J connectivity index is 2.23. The van der Waals surface area contributed by atoms with Gasteiger partial charge in [-0.1, -0.05) is 35.9 Å². The zero-order chi connectivity index (χ0) is 8.39. The van der Waals surface area contributed by atoms with Crippen molar-refractivity contribution < 1.29 is 0 Å². The minimum Gasteiger partial charge on any atom is -0.133 e. The SMILES string of the molecule is Cc1ccc(C2C=CSC2)cc1. The quantitative estimate of drug-likeness (QED) is 0.632. The molecule has 0 saturated carbocycles. The number of rotatable bonds is 1. The first kappa shape index (κ1) is 7.93. The monoisotopic (exact) mass is 176 g/mol. The van der Waals surface area contributed by atoms with Crippen LogP contribution >= 0.6 is 11.8 Å². The first-order valence-electron chi connectivity index (χ1n) is 4.21. The lowest BCUT2D eigenvalue weighted by Crippen LogP contribution is -1.93. The Bertz CT molecular complexity index is 284. The maximum Gasteiger partial charge on any atom is 0.0120 e. The van der Waals surface area contributed by atoms with Crippen molar-refractivity contribution >= 4 is 11.8 Å². The summed E-state index contributed by atoms with van der Waals surface area (Å²) in [7, 11) is 0. The molecule has 2 rings (SSSR count). The predicted molar refractivity (Wildman–Crippen MR) is 55.5 cm³/mol. The van der Waals surface area contributed by atoms with E-state index in [0.717, 1.165) is 0 Å². The fourth-order valence-corrected chi connectivity index (χ4v) is 2.31. The molecule has 12 heavy (non-hydrogen) atoms. The molecule has 0 saturated heterocycles. The topological polar surface area (TPSA) is 0 Å². The Hall–Kier alpha value is -0.690. The van der Waals surface area contributed by atoms with Gasteiger partial charge in [0.2, 0.25) is 0 Å². The summed E-state index contributed by atoms with van der Waals surface area (Å²) in [6, 6.07) is 8.84. The lowest BCUT2D eigenvalue weighted by atomic mass is 10.0. The van der Waals surface area contributed by atoms with E-state index in [4.69, 9.17) is 0 Å². The highest BCUT2D eigenvalue weighted by atomic mass is 32.2. The van der Waals surface area contributed by atoms with Gasteiger partial charge in [-0.3, -0.25) is 0 Å². The van der Waals surface area contributed by atoms with E-state index in [-0.39, 0.29) is 0 Å². The molecule has 0 N–H and O–H groups in total. The average molecular weight is 176 g/mol. The van der Waals surface area contributed by atoms with Crippen LogP contribution in [-0.4, -0.2) is 5.75 Å². The zero-order valence-electron chi connectivity index (χ0n) is 7.16. The van der Waals surface area contributed by atoms with Crippen LogP contribution in [0.1, 0.15) is 17.0 Å². The van der Waals surface area contributed by atoms with Crippen LogP contribution in [0.5, 0.6) is 0 Å². The van der Waals surface area contributed by atoms with Crippen LogP contribution in [0.15, 0.2) is 35.7 Å². The van der Waals surface area contributed by atoms with Crippen LogP contribution in [0, 0.1) is 6.92 Å². The second kappa shape index (κ2) is 3.36. The Morgan fingerprint density at radius 1 is 1.25 bits per heavy atom. The normalized spacial score (nSPS) is 21.6. The molecule has 0 radical (unpaired) electrons. The van der Waals surface area contributed by atoms with Gasteiger partial charge in [-0.05, 0) is 17.9 Å². The van der Waals surface area contributed by atoms with E-state index in [1.54, 1.807) is 0 Å². The van der Waals surface area contributed by atoms with Crippen molar-refractivity contribution in [3.8, 4) is 0 Å². The van der Waals surface area contributed by atoms with Gasteiger partial charge in [0.15, 0.2) is 0 Å². The molecule has 1 unspecified atom stereocenters. The lowest BCUT2D eigenvalue weighted by Gasteiger charge is -2.06. The van der Waals surface area contributed by atoms with E-state index in [1.165, 1.54) is 16.9 Å². The molecule has 1 aliphatic heterocycles. The molecule has 0 bridgehead atoms. The Morgan fingerprint density at radius 2 is 2.00 bits per heavy atom. The smallest absolute Gasteiger partial charge is 0.0120 e. The maximum absolute atomic E-state index is 2.29. The molecule has 1 aromatic rings. The highest BCUT2D eigenvalue weighted by molar-refractivity contribution is 8.02. The molecule has 0 spiro atoms. The molecule has 62 valence electrons. The molecule has 1 atom stereocenters. The highest BCUT2D eigenvalue weighted by Crippen LogP contribution is 2.29. The third kappa shape index (κ3) is 1.56. The van der Waals surface area contributed by atoms with Crippen LogP contribution in [-0.2, 0) is 0 Å². The molecule has 0 fully saturated rings. The van der Waals surface area contributed by atoms with Crippen LogP contribution in [0.3, 0.4) is 0 Å². The highest BCUT2D eigenvalue weighted by Gasteiger charge is 2.10. The van der Waals surface area contributed by atoms with E-state index >= 15 is 0 Å². The van der Waals surface area contributed by atoms with E-state index in [9.17, 15) is 0 Å². The molecular formula is C11H12S. The van der Waals surface area contributed by atoms with Crippen molar-refractivity contribution in [1.29, 1.82) is 0 Å². The van der Waals surface area contributed by atoms with Gasteiger partial charge in [0.05, 0.1) is 0 Å². The summed E-state index contributed by atoms with van der Waals surface area (Å²) in [6.45, 7) is 2.13. The summed E-state index contributed by atoms with van der Waals surface area (Å²) in [5.41, 5.74) is 2.79. The van der Waals surface area contributed by atoms with Gasteiger partial charge in [-0.25, -0.2) is 0 Å².